The van der Waals surface area contributed by atoms with Crippen LogP contribution in [0.25, 0.3) is 27.7 Å². The summed E-state index contributed by atoms with van der Waals surface area (Å²) < 4.78 is 2.03. The van der Waals surface area contributed by atoms with Crippen molar-refractivity contribution in [1.29, 1.82) is 0 Å². The molecule has 5 nitrogen and oxygen atoms in total. The highest BCUT2D eigenvalue weighted by Crippen LogP contribution is 2.27. The number of hydrogen-bond acceptors (Lipinski definition) is 4. The zero-order valence-electron chi connectivity index (χ0n) is 19.5. The van der Waals surface area contributed by atoms with Gasteiger partial charge in [0.2, 0.25) is 0 Å². The van der Waals surface area contributed by atoms with Crippen LogP contribution in [0.15, 0.2) is 73.8 Å². The molecule has 5 heteroatoms. The van der Waals surface area contributed by atoms with Gasteiger partial charge in [-0.3, -0.25) is 0 Å². The SMILES string of the molecule is C=C(Nc1cc2cc(-c3cncn3C)ccc2cn1)c1ccc(CC2CCN(C)CC2)cc1. The van der Waals surface area contributed by atoms with E-state index in [9.17, 15) is 0 Å². The smallest absolute Gasteiger partial charge is 0.130 e. The highest BCUT2D eigenvalue weighted by Gasteiger charge is 2.17. The fourth-order valence-electron chi connectivity index (χ4n) is 4.67. The van der Waals surface area contributed by atoms with E-state index in [2.05, 4.69) is 82.3 Å². The quantitative estimate of drug-likeness (QED) is 0.426. The molecular weight excluding hydrogens is 406 g/mol. The third kappa shape index (κ3) is 4.83. The number of likely N-dealkylation sites (tertiary alicyclic amines) is 1. The van der Waals surface area contributed by atoms with Crippen molar-refractivity contribution in [2.75, 3.05) is 25.5 Å². The Morgan fingerprint density at radius 1 is 1.00 bits per heavy atom. The molecule has 1 N–H and O–H groups in total. The summed E-state index contributed by atoms with van der Waals surface area (Å²) in [5, 5.41) is 5.63. The number of nitrogens with zero attached hydrogens (tertiary/aromatic N) is 4. The lowest BCUT2D eigenvalue weighted by molar-refractivity contribution is 0.219. The Labute approximate surface area is 195 Å². The first-order valence-corrected chi connectivity index (χ1v) is 11.7. The minimum Gasteiger partial charge on any atom is -0.340 e. The molecule has 4 aromatic rings. The van der Waals surface area contributed by atoms with E-state index in [-0.39, 0.29) is 0 Å². The van der Waals surface area contributed by atoms with Crippen LogP contribution >= 0.6 is 0 Å². The first-order chi connectivity index (χ1) is 16.0. The van der Waals surface area contributed by atoms with Crippen molar-refractivity contribution in [3.05, 3.63) is 85.0 Å². The summed E-state index contributed by atoms with van der Waals surface area (Å²) in [6, 6.07) is 17.3. The van der Waals surface area contributed by atoms with Gasteiger partial charge >= 0.3 is 0 Å². The van der Waals surface area contributed by atoms with Crippen LogP contribution in [0, 0.1) is 5.92 Å². The highest BCUT2D eigenvalue weighted by molar-refractivity contribution is 5.89. The Morgan fingerprint density at radius 2 is 1.79 bits per heavy atom. The normalized spacial score (nSPS) is 15.1. The Morgan fingerprint density at radius 3 is 2.52 bits per heavy atom. The second-order valence-electron chi connectivity index (χ2n) is 9.27. The number of benzene rings is 2. The number of hydrogen-bond donors (Lipinski definition) is 1. The first kappa shape index (κ1) is 21.4. The molecule has 168 valence electrons. The molecule has 1 saturated heterocycles. The fourth-order valence-corrected chi connectivity index (χ4v) is 4.67. The van der Waals surface area contributed by atoms with Crippen molar-refractivity contribution in [3.8, 4) is 11.3 Å². The van der Waals surface area contributed by atoms with E-state index in [1.165, 1.54) is 37.9 Å². The molecule has 2 aromatic heterocycles. The van der Waals surface area contributed by atoms with Crippen molar-refractivity contribution in [1.82, 2.24) is 19.4 Å². The molecule has 5 rings (SSSR count). The van der Waals surface area contributed by atoms with Gasteiger partial charge in [-0.1, -0.05) is 43.0 Å². The van der Waals surface area contributed by atoms with E-state index < -0.39 is 0 Å². The van der Waals surface area contributed by atoms with Crippen LogP contribution in [0.3, 0.4) is 0 Å². The predicted molar refractivity (Wildman–Crippen MR) is 137 cm³/mol. The molecular formula is C28H31N5. The van der Waals surface area contributed by atoms with Gasteiger partial charge in [0.05, 0.1) is 18.2 Å². The summed E-state index contributed by atoms with van der Waals surface area (Å²) in [5.74, 6) is 1.59. The zero-order valence-corrected chi connectivity index (χ0v) is 19.5. The molecule has 1 aliphatic rings. The maximum atomic E-state index is 4.59. The molecule has 1 fully saturated rings. The number of fused-ring (bicyclic) bond motifs is 1. The van der Waals surface area contributed by atoms with Gasteiger partial charge in [-0.25, -0.2) is 9.97 Å². The number of piperidine rings is 1. The van der Waals surface area contributed by atoms with E-state index in [4.69, 9.17) is 0 Å². The van der Waals surface area contributed by atoms with E-state index >= 15 is 0 Å². The summed E-state index contributed by atoms with van der Waals surface area (Å²) in [6.45, 7) is 6.68. The number of aryl methyl sites for hydroxylation is 1. The number of pyridine rings is 1. The molecule has 0 amide bonds. The summed E-state index contributed by atoms with van der Waals surface area (Å²) in [7, 11) is 4.22. The maximum Gasteiger partial charge on any atom is 0.130 e. The lowest BCUT2D eigenvalue weighted by atomic mass is 9.90. The molecule has 33 heavy (non-hydrogen) atoms. The van der Waals surface area contributed by atoms with Gasteiger partial charge in [0, 0.05) is 29.9 Å². The van der Waals surface area contributed by atoms with Crippen molar-refractivity contribution in [3.63, 3.8) is 0 Å². The van der Waals surface area contributed by atoms with Crippen molar-refractivity contribution in [2.45, 2.75) is 19.3 Å². The molecule has 0 unspecified atom stereocenters. The van der Waals surface area contributed by atoms with Crippen LogP contribution in [-0.4, -0.2) is 39.6 Å². The fraction of sp³-hybridized carbons (Fsp3) is 0.286. The summed E-state index contributed by atoms with van der Waals surface area (Å²) in [4.78, 5) is 11.3. The van der Waals surface area contributed by atoms with Gasteiger partial charge in [-0.2, -0.15) is 0 Å². The monoisotopic (exact) mass is 437 g/mol. The minimum atomic E-state index is 0.796. The maximum absolute atomic E-state index is 4.59. The van der Waals surface area contributed by atoms with Crippen LogP contribution in [0.2, 0.25) is 0 Å². The molecule has 2 aromatic carbocycles. The third-order valence-electron chi connectivity index (χ3n) is 6.78. The van der Waals surface area contributed by atoms with Crippen molar-refractivity contribution in [2.24, 2.45) is 13.0 Å². The van der Waals surface area contributed by atoms with Gasteiger partial charge in [0.15, 0.2) is 0 Å². The van der Waals surface area contributed by atoms with E-state index in [1.807, 2.05) is 30.3 Å². The largest absolute Gasteiger partial charge is 0.340 e. The summed E-state index contributed by atoms with van der Waals surface area (Å²) in [6.07, 6.45) is 9.37. The van der Waals surface area contributed by atoms with Crippen LogP contribution in [0.5, 0.6) is 0 Å². The Bertz CT molecular complexity index is 1260. The number of aromatic nitrogens is 3. The van der Waals surface area contributed by atoms with Gasteiger partial charge < -0.3 is 14.8 Å². The van der Waals surface area contributed by atoms with E-state index in [1.54, 1.807) is 0 Å². The van der Waals surface area contributed by atoms with Gasteiger partial charge in [0.25, 0.3) is 0 Å². The molecule has 0 spiro atoms. The molecule has 0 aliphatic carbocycles. The van der Waals surface area contributed by atoms with Gasteiger partial charge in [-0.05, 0) is 74.0 Å². The lowest BCUT2D eigenvalue weighted by Gasteiger charge is -2.29. The molecule has 0 bridgehead atoms. The third-order valence-corrected chi connectivity index (χ3v) is 6.78. The minimum absolute atomic E-state index is 0.796. The van der Waals surface area contributed by atoms with Crippen LogP contribution < -0.4 is 5.32 Å². The Balaban J connectivity index is 1.28. The second kappa shape index (κ2) is 9.20. The van der Waals surface area contributed by atoms with Crippen molar-refractivity contribution < 1.29 is 0 Å². The van der Waals surface area contributed by atoms with E-state index in [0.29, 0.717) is 0 Å². The molecule has 0 radical (unpaired) electrons. The number of rotatable bonds is 6. The molecule has 0 atom stereocenters. The summed E-state index contributed by atoms with van der Waals surface area (Å²) in [5.41, 5.74) is 5.59. The Hall–Kier alpha value is -3.44. The van der Waals surface area contributed by atoms with Crippen LogP contribution in [-0.2, 0) is 13.5 Å². The first-order valence-electron chi connectivity index (χ1n) is 11.7. The second-order valence-corrected chi connectivity index (χ2v) is 9.27. The van der Waals surface area contributed by atoms with E-state index in [0.717, 1.165) is 45.0 Å². The highest BCUT2D eigenvalue weighted by atomic mass is 15.1. The van der Waals surface area contributed by atoms with Gasteiger partial charge in [-0.15, -0.1) is 0 Å². The van der Waals surface area contributed by atoms with Crippen LogP contribution in [0.4, 0.5) is 5.82 Å². The predicted octanol–water partition coefficient (Wildman–Crippen LogP) is 5.60. The lowest BCUT2D eigenvalue weighted by Crippen LogP contribution is -2.30. The zero-order chi connectivity index (χ0) is 22.8. The van der Waals surface area contributed by atoms with Crippen LogP contribution in [0.1, 0.15) is 24.0 Å². The van der Waals surface area contributed by atoms with Crippen molar-refractivity contribution >= 4 is 22.3 Å². The molecule has 0 saturated carbocycles. The number of imidazole rings is 1. The average molecular weight is 438 g/mol. The topological polar surface area (TPSA) is 46.0 Å². The Kier molecular flexibility index (Phi) is 5.97. The molecule has 1 aliphatic heterocycles. The summed E-state index contributed by atoms with van der Waals surface area (Å²) >= 11 is 0. The average Bonchev–Trinajstić information content (AvgIpc) is 3.26. The standard InChI is InChI=1S/C28H31N5/c1-20(23-6-4-21(5-7-23)14-22-10-12-32(2)13-11-22)31-28-16-26-15-24(8-9-25(26)17-30-28)27-18-29-19-33(27)3/h4-9,15-19,22H,1,10-14H2,2-3H3,(H,30,31). The number of nitrogens with one attached hydrogen (secondary N) is 1. The van der Waals surface area contributed by atoms with Gasteiger partial charge in [0.1, 0.15) is 5.82 Å². The molecule has 3 heterocycles. The number of anilines is 1.